The van der Waals surface area contributed by atoms with E-state index < -0.39 is 34.9 Å². The molecule has 1 aromatic carbocycles. The molecule has 0 atom stereocenters. The van der Waals surface area contributed by atoms with Crippen molar-refractivity contribution in [1.29, 1.82) is 5.53 Å². The summed E-state index contributed by atoms with van der Waals surface area (Å²) in [5.74, 6) is -3.11. The fourth-order valence-corrected chi connectivity index (χ4v) is 2.30. The van der Waals surface area contributed by atoms with Gasteiger partial charge < -0.3 is 15.8 Å². The summed E-state index contributed by atoms with van der Waals surface area (Å²) in [6, 6.07) is 5.84. The first-order valence-electron chi connectivity index (χ1n) is 8.31. The molecule has 0 saturated carbocycles. The number of nitrogens with one attached hydrogen (secondary N) is 2. The van der Waals surface area contributed by atoms with Crippen LogP contribution in [0.3, 0.4) is 0 Å². The molecule has 0 amide bonds. The minimum Gasteiger partial charge on any atom is -0.450 e. The first kappa shape index (κ1) is 21.5. The van der Waals surface area contributed by atoms with E-state index in [9.17, 15) is 22.0 Å². The van der Waals surface area contributed by atoms with Crippen LogP contribution in [0.5, 0.6) is 11.5 Å². The van der Waals surface area contributed by atoms with Gasteiger partial charge in [0.25, 0.3) is 0 Å². The lowest BCUT2D eigenvalue weighted by Gasteiger charge is -2.15. The van der Waals surface area contributed by atoms with Gasteiger partial charge in [0, 0.05) is 24.0 Å². The minimum atomic E-state index is -4.73. The van der Waals surface area contributed by atoms with E-state index in [0.29, 0.717) is 23.9 Å². The average molecular weight is 437 g/mol. The van der Waals surface area contributed by atoms with Gasteiger partial charge in [0.1, 0.15) is 11.6 Å². The number of amidine groups is 1. The normalized spacial score (nSPS) is 11.8. The maximum Gasteiger partial charge on any atom is 0.418 e. The lowest BCUT2D eigenvalue weighted by molar-refractivity contribution is -0.137. The molecule has 2 heterocycles. The number of alkyl halides is 3. The molecule has 0 aliphatic carbocycles. The van der Waals surface area contributed by atoms with Gasteiger partial charge in [-0.15, -0.1) is 5.10 Å². The van der Waals surface area contributed by atoms with Crippen molar-refractivity contribution in [2.75, 3.05) is 5.32 Å². The molecule has 0 spiro atoms. The Morgan fingerprint density at radius 3 is 2.42 bits per heavy atom. The molecule has 31 heavy (non-hydrogen) atoms. The van der Waals surface area contributed by atoms with Gasteiger partial charge in [-0.2, -0.15) is 18.7 Å². The molecular formula is C18H12F5N7O. The van der Waals surface area contributed by atoms with Crippen LogP contribution in [-0.2, 0) is 6.18 Å². The minimum absolute atomic E-state index is 0.0717. The molecule has 0 saturated heterocycles. The van der Waals surface area contributed by atoms with Crippen LogP contribution >= 0.6 is 0 Å². The molecule has 0 bridgehead atoms. The number of aromatic nitrogens is 2. The predicted molar refractivity (Wildman–Crippen MR) is 99.1 cm³/mol. The van der Waals surface area contributed by atoms with E-state index in [4.69, 9.17) is 16.0 Å². The maximum atomic E-state index is 13.9. The Bertz CT molecular complexity index is 1130. The van der Waals surface area contributed by atoms with Gasteiger partial charge >= 0.3 is 6.18 Å². The zero-order valence-corrected chi connectivity index (χ0v) is 15.3. The molecular weight excluding hydrogens is 425 g/mol. The number of anilines is 2. The van der Waals surface area contributed by atoms with Gasteiger partial charge in [-0.25, -0.2) is 18.7 Å². The van der Waals surface area contributed by atoms with E-state index in [1.54, 1.807) is 0 Å². The fourth-order valence-electron chi connectivity index (χ4n) is 2.30. The van der Waals surface area contributed by atoms with Crippen LogP contribution in [0.2, 0.25) is 0 Å². The number of benzene rings is 1. The van der Waals surface area contributed by atoms with Crippen molar-refractivity contribution in [3.63, 3.8) is 0 Å². The predicted octanol–water partition coefficient (Wildman–Crippen LogP) is 4.96. The monoisotopic (exact) mass is 437 g/mol. The third-order valence-electron chi connectivity index (χ3n) is 3.76. The molecule has 0 unspecified atom stereocenters. The van der Waals surface area contributed by atoms with Crippen LogP contribution in [-0.4, -0.2) is 15.8 Å². The quantitative estimate of drug-likeness (QED) is 0.165. The molecule has 0 aliphatic heterocycles. The highest BCUT2D eigenvalue weighted by atomic mass is 19.4. The topological polar surface area (TPSA) is 122 Å². The average Bonchev–Trinajstić information content (AvgIpc) is 2.71. The number of pyridine rings is 2. The van der Waals surface area contributed by atoms with Crippen LogP contribution in [0.1, 0.15) is 11.1 Å². The second-order valence-electron chi connectivity index (χ2n) is 5.89. The second-order valence-corrected chi connectivity index (χ2v) is 5.89. The Morgan fingerprint density at radius 1 is 1.03 bits per heavy atom. The van der Waals surface area contributed by atoms with Crippen molar-refractivity contribution < 1.29 is 26.7 Å². The fraction of sp³-hybridized carbons (Fsp3) is 0.0556. The van der Waals surface area contributed by atoms with Gasteiger partial charge in [-0.1, -0.05) is 5.22 Å². The van der Waals surface area contributed by atoms with Crippen molar-refractivity contribution in [1.82, 2.24) is 9.97 Å². The highest BCUT2D eigenvalue weighted by molar-refractivity contribution is 5.97. The van der Waals surface area contributed by atoms with E-state index in [-0.39, 0.29) is 17.5 Å². The number of halogens is 5. The molecule has 3 rings (SSSR count). The number of ether oxygens (including phenoxy) is 1. The summed E-state index contributed by atoms with van der Waals surface area (Å²) in [4.78, 5) is 7.70. The van der Waals surface area contributed by atoms with Gasteiger partial charge in [0.15, 0.2) is 29.0 Å². The van der Waals surface area contributed by atoms with Gasteiger partial charge in [0.05, 0.1) is 5.56 Å². The molecule has 160 valence electrons. The summed E-state index contributed by atoms with van der Waals surface area (Å²) in [7, 11) is 0. The molecule has 0 fully saturated rings. The molecule has 13 heteroatoms. The largest absolute Gasteiger partial charge is 0.450 e. The number of rotatable bonds is 6. The summed E-state index contributed by atoms with van der Waals surface area (Å²) in [6.07, 6.45) is -2.90. The first-order valence-corrected chi connectivity index (χ1v) is 8.31. The van der Waals surface area contributed by atoms with E-state index in [1.165, 1.54) is 18.3 Å². The van der Waals surface area contributed by atoms with Crippen LogP contribution in [0.25, 0.3) is 0 Å². The standard InChI is InChI=1S/C18H12F5N7O/c19-11-2-3-13(12(20)6-11)31-14-5-10(18(21,22)23)8-27-17(14)28-15-4-1-9(7-26-15)16(24)29-30-25/h1-8H,(H3,24,25,29)(H,26,27,28). The van der Waals surface area contributed by atoms with Crippen LogP contribution < -0.4 is 15.8 Å². The van der Waals surface area contributed by atoms with Crippen molar-refractivity contribution in [2.45, 2.75) is 6.18 Å². The van der Waals surface area contributed by atoms with E-state index >= 15 is 0 Å². The number of hydrogen-bond acceptors (Lipinski definition) is 6. The Kier molecular flexibility index (Phi) is 6.04. The highest BCUT2D eigenvalue weighted by Gasteiger charge is 2.32. The molecule has 3 aromatic rings. The summed E-state index contributed by atoms with van der Waals surface area (Å²) in [5, 5.41) is 8.78. The molecule has 0 aliphatic rings. The SMILES string of the molecule is N=N/N=C(\N)c1ccc(Nc2ncc(C(F)(F)F)cc2Oc2ccc(F)cc2F)nc1. The number of nitrogens with two attached hydrogens (primary N) is 1. The van der Waals surface area contributed by atoms with Crippen molar-refractivity contribution in [3.8, 4) is 11.5 Å². The van der Waals surface area contributed by atoms with E-state index in [1.807, 2.05) is 0 Å². The van der Waals surface area contributed by atoms with E-state index in [2.05, 4.69) is 25.6 Å². The Labute approximate surface area is 171 Å². The van der Waals surface area contributed by atoms with Gasteiger partial charge in [-0.3, -0.25) is 0 Å². The van der Waals surface area contributed by atoms with Gasteiger partial charge in [-0.05, 0) is 30.3 Å². The smallest absolute Gasteiger partial charge is 0.418 e. The van der Waals surface area contributed by atoms with Crippen molar-refractivity contribution in [2.24, 2.45) is 16.1 Å². The summed E-state index contributed by atoms with van der Waals surface area (Å²) < 4.78 is 71.5. The Hall–Kier alpha value is -4.16. The van der Waals surface area contributed by atoms with E-state index in [0.717, 1.165) is 12.1 Å². The highest BCUT2D eigenvalue weighted by Crippen LogP contribution is 2.37. The lowest BCUT2D eigenvalue weighted by atomic mass is 10.2. The number of nitrogens with zero attached hydrogens (tertiary/aromatic N) is 4. The van der Waals surface area contributed by atoms with Crippen molar-refractivity contribution in [3.05, 3.63) is 71.6 Å². The molecule has 0 radical (unpaired) electrons. The molecule has 2 aromatic heterocycles. The lowest BCUT2D eigenvalue weighted by Crippen LogP contribution is -2.13. The Balaban J connectivity index is 1.95. The molecule has 8 nitrogen and oxygen atoms in total. The first-order chi connectivity index (χ1) is 14.7. The van der Waals surface area contributed by atoms with Crippen molar-refractivity contribution >= 4 is 17.5 Å². The summed E-state index contributed by atoms with van der Waals surface area (Å²) in [6.45, 7) is 0. The second kappa shape index (κ2) is 8.69. The van der Waals surface area contributed by atoms with Crippen LogP contribution in [0.15, 0.2) is 59.1 Å². The molecule has 4 N–H and O–H groups in total. The summed E-state index contributed by atoms with van der Waals surface area (Å²) >= 11 is 0. The zero-order chi connectivity index (χ0) is 22.6. The zero-order valence-electron chi connectivity index (χ0n) is 15.3. The summed E-state index contributed by atoms with van der Waals surface area (Å²) in [5.41, 5.74) is 11.4. The number of hydrogen-bond donors (Lipinski definition) is 3. The third-order valence-corrected chi connectivity index (χ3v) is 3.76. The Morgan fingerprint density at radius 2 is 1.81 bits per heavy atom. The van der Waals surface area contributed by atoms with Crippen LogP contribution in [0, 0.1) is 17.2 Å². The third kappa shape index (κ3) is 5.26. The van der Waals surface area contributed by atoms with Gasteiger partial charge in [0.2, 0.25) is 0 Å². The maximum absolute atomic E-state index is 13.9. The van der Waals surface area contributed by atoms with Crippen LogP contribution in [0.4, 0.5) is 33.6 Å².